The van der Waals surface area contributed by atoms with E-state index in [1.165, 1.54) is 0 Å². The summed E-state index contributed by atoms with van der Waals surface area (Å²) < 4.78 is 0. The van der Waals surface area contributed by atoms with Gasteiger partial charge < -0.3 is 10.4 Å². The van der Waals surface area contributed by atoms with Crippen molar-refractivity contribution in [2.75, 3.05) is 0 Å². The van der Waals surface area contributed by atoms with Crippen LogP contribution in [0.1, 0.15) is 33.6 Å². The van der Waals surface area contributed by atoms with Gasteiger partial charge in [0.2, 0.25) is 0 Å². The summed E-state index contributed by atoms with van der Waals surface area (Å²) >= 11 is 0. The van der Waals surface area contributed by atoms with Crippen LogP contribution in [0.25, 0.3) is 0 Å². The average molecular weight is 143 g/mol. The van der Waals surface area contributed by atoms with E-state index in [-0.39, 0.29) is 0 Å². The van der Waals surface area contributed by atoms with Crippen molar-refractivity contribution in [3.8, 4) is 0 Å². The minimum Gasteiger partial charge on any atom is -0.390 e. The normalized spacial score (nSPS) is 49.2. The molecule has 2 atom stereocenters. The van der Waals surface area contributed by atoms with Crippen molar-refractivity contribution in [2.45, 2.75) is 51.3 Å². The molecule has 1 rings (SSSR count). The van der Waals surface area contributed by atoms with Crippen molar-refractivity contribution >= 4 is 0 Å². The molecule has 0 radical (unpaired) electrons. The summed E-state index contributed by atoms with van der Waals surface area (Å²) in [4.78, 5) is 0. The minimum atomic E-state index is -0.440. The van der Waals surface area contributed by atoms with Gasteiger partial charge in [0.25, 0.3) is 0 Å². The van der Waals surface area contributed by atoms with E-state index in [0.29, 0.717) is 12.1 Å². The largest absolute Gasteiger partial charge is 0.390 e. The van der Waals surface area contributed by atoms with Crippen LogP contribution in [0.3, 0.4) is 0 Å². The Hall–Kier alpha value is -0.0800. The van der Waals surface area contributed by atoms with Crippen LogP contribution in [-0.4, -0.2) is 22.8 Å². The zero-order valence-corrected chi connectivity index (χ0v) is 7.02. The van der Waals surface area contributed by atoms with Crippen LogP contribution >= 0.6 is 0 Å². The monoisotopic (exact) mass is 143 g/mol. The van der Waals surface area contributed by atoms with Crippen LogP contribution < -0.4 is 5.32 Å². The molecule has 2 unspecified atom stereocenters. The summed E-state index contributed by atoms with van der Waals surface area (Å²) in [6.07, 6.45) is 1.74. The molecule has 0 aromatic heterocycles. The Kier molecular flexibility index (Phi) is 2.02. The molecular weight excluding hydrogens is 126 g/mol. The zero-order valence-electron chi connectivity index (χ0n) is 7.02. The number of hydrogen-bond acceptors (Lipinski definition) is 2. The van der Waals surface area contributed by atoms with Crippen LogP contribution in [0.5, 0.6) is 0 Å². The van der Waals surface area contributed by atoms with E-state index in [1.54, 1.807) is 0 Å². The lowest BCUT2D eigenvalue weighted by Gasteiger charge is -2.37. The molecule has 0 aromatic rings. The Morgan fingerprint density at radius 2 is 1.70 bits per heavy atom. The first-order chi connectivity index (χ1) is 4.49. The van der Waals surface area contributed by atoms with E-state index >= 15 is 0 Å². The molecule has 2 heteroatoms. The lowest BCUT2D eigenvalue weighted by molar-refractivity contribution is 0.00240. The Morgan fingerprint density at radius 3 is 2.00 bits per heavy atom. The summed E-state index contributed by atoms with van der Waals surface area (Å²) in [7, 11) is 0. The second-order valence-corrected chi connectivity index (χ2v) is 3.87. The highest BCUT2D eigenvalue weighted by molar-refractivity contribution is 4.88. The van der Waals surface area contributed by atoms with Crippen LogP contribution in [0, 0.1) is 0 Å². The Balaban J connectivity index is 2.51. The molecule has 0 spiro atoms. The zero-order chi connectivity index (χ0) is 7.78. The van der Waals surface area contributed by atoms with E-state index in [2.05, 4.69) is 19.2 Å². The molecule has 60 valence electrons. The van der Waals surface area contributed by atoms with Gasteiger partial charge in [-0.2, -0.15) is 0 Å². The molecule has 1 saturated heterocycles. The van der Waals surface area contributed by atoms with Gasteiger partial charge in [-0.1, -0.05) is 0 Å². The third-order valence-corrected chi connectivity index (χ3v) is 2.06. The van der Waals surface area contributed by atoms with Crippen molar-refractivity contribution < 1.29 is 5.11 Å². The quantitative estimate of drug-likeness (QED) is 0.528. The van der Waals surface area contributed by atoms with Gasteiger partial charge in [-0.25, -0.2) is 0 Å². The van der Waals surface area contributed by atoms with Crippen LogP contribution in [0.2, 0.25) is 0 Å². The first kappa shape index (κ1) is 8.02. The number of nitrogens with one attached hydrogen (secondary N) is 1. The van der Waals surface area contributed by atoms with Crippen molar-refractivity contribution in [2.24, 2.45) is 0 Å². The summed E-state index contributed by atoms with van der Waals surface area (Å²) in [5.41, 5.74) is -0.440. The van der Waals surface area contributed by atoms with Crippen LogP contribution in [0.4, 0.5) is 0 Å². The highest BCUT2D eigenvalue weighted by Crippen LogP contribution is 2.23. The molecule has 0 bridgehead atoms. The highest BCUT2D eigenvalue weighted by atomic mass is 16.3. The molecule has 2 N–H and O–H groups in total. The smallest absolute Gasteiger partial charge is 0.0649 e. The molecule has 1 aliphatic heterocycles. The topological polar surface area (TPSA) is 32.3 Å². The van der Waals surface area contributed by atoms with Crippen molar-refractivity contribution in [1.82, 2.24) is 5.32 Å². The maximum atomic E-state index is 9.68. The SMILES string of the molecule is CC1CC(C)(O)CC(C)N1. The third kappa shape index (κ3) is 1.96. The predicted octanol–water partition coefficient (Wildman–Crippen LogP) is 0.898. The number of rotatable bonds is 0. The Labute approximate surface area is 62.6 Å². The summed E-state index contributed by atoms with van der Waals surface area (Å²) in [6, 6.07) is 0.914. The van der Waals surface area contributed by atoms with Crippen molar-refractivity contribution in [3.63, 3.8) is 0 Å². The number of piperidine rings is 1. The first-order valence-corrected chi connectivity index (χ1v) is 3.98. The lowest BCUT2D eigenvalue weighted by Crippen LogP contribution is -2.49. The summed E-state index contributed by atoms with van der Waals surface area (Å²) in [5, 5.41) is 13.1. The predicted molar refractivity (Wildman–Crippen MR) is 41.9 cm³/mol. The molecule has 10 heavy (non-hydrogen) atoms. The first-order valence-electron chi connectivity index (χ1n) is 3.98. The fourth-order valence-corrected chi connectivity index (χ4v) is 2.01. The van der Waals surface area contributed by atoms with Crippen molar-refractivity contribution in [1.29, 1.82) is 0 Å². The summed E-state index contributed by atoms with van der Waals surface area (Å²) in [5.74, 6) is 0. The summed E-state index contributed by atoms with van der Waals surface area (Å²) in [6.45, 7) is 6.15. The van der Waals surface area contributed by atoms with E-state index in [9.17, 15) is 5.11 Å². The van der Waals surface area contributed by atoms with E-state index in [0.717, 1.165) is 12.8 Å². The van der Waals surface area contributed by atoms with Gasteiger partial charge in [0.05, 0.1) is 5.60 Å². The van der Waals surface area contributed by atoms with Gasteiger partial charge >= 0.3 is 0 Å². The van der Waals surface area contributed by atoms with E-state index in [4.69, 9.17) is 0 Å². The number of hydrogen-bond donors (Lipinski definition) is 2. The maximum absolute atomic E-state index is 9.68. The van der Waals surface area contributed by atoms with Gasteiger partial charge in [0, 0.05) is 12.1 Å². The Morgan fingerprint density at radius 1 is 1.30 bits per heavy atom. The molecular formula is C8H17NO. The second-order valence-electron chi connectivity index (χ2n) is 3.87. The third-order valence-electron chi connectivity index (χ3n) is 2.06. The molecule has 1 heterocycles. The van der Waals surface area contributed by atoms with Gasteiger partial charge in [-0.05, 0) is 33.6 Å². The van der Waals surface area contributed by atoms with Gasteiger partial charge in [-0.15, -0.1) is 0 Å². The molecule has 0 aliphatic carbocycles. The molecule has 1 fully saturated rings. The van der Waals surface area contributed by atoms with Gasteiger partial charge in [-0.3, -0.25) is 0 Å². The molecule has 1 aliphatic rings. The standard InChI is InChI=1S/C8H17NO/c1-6-4-8(3,10)5-7(2)9-6/h6-7,9-10H,4-5H2,1-3H3. The molecule has 0 saturated carbocycles. The van der Waals surface area contributed by atoms with E-state index in [1.807, 2.05) is 6.92 Å². The van der Waals surface area contributed by atoms with Crippen LogP contribution in [0.15, 0.2) is 0 Å². The molecule has 2 nitrogen and oxygen atoms in total. The number of aliphatic hydroxyl groups is 1. The van der Waals surface area contributed by atoms with Gasteiger partial charge in [0.1, 0.15) is 0 Å². The maximum Gasteiger partial charge on any atom is 0.0649 e. The average Bonchev–Trinajstić information content (AvgIpc) is 1.54. The molecule has 0 amide bonds. The second kappa shape index (κ2) is 2.51. The molecule has 0 aromatic carbocycles. The van der Waals surface area contributed by atoms with Crippen molar-refractivity contribution in [3.05, 3.63) is 0 Å². The minimum absolute atomic E-state index is 0.440. The highest BCUT2D eigenvalue weighted by Gasteiger charge is 2.30. The van der Waals surface area contributed by atoms with E-state index < -0.39 is 5.60 Å². The lowest BCUT2D eigenvalue weighted by atomic mass is 9.86. The Bertz CT molecular complexity index is 110. The van der Waals surface area contributed by atoms with Crippen LogP contribution in [-0.2, 0) is 0 Å². The fraction of sp³-hybridized carbons (Fsp3) is 1.00. The van der Waals surface area contributed by atoms with Gasteiger partial charge in [0.15, 0.2) is 0 Å². The fourth-order valence-electron chi connectivity index (χ4n) is 2.01.